The predicted octanol–water partition coefficient (Wildman–Crippen LogP) is 2.12. The fourth-order valence-corrected chi connectivity index (χ4v) is 3.04. The molecule has 6 nitrogen and oxygen atoms in total. The molecule has 0 radical (unpaired) electrons. The number of benzene rings is 1. The molecule has 1 aromatic carbocycles. The maximum Gasteiger partial charge on any atom is 0.244 e. The van der Waals surface area contributed by atoms with Crippen LogP contribution >= 0.6 is 11.6 Å². The topological polar surface area (TPSA) is 81.4 Å². The molecule has 1 N–H and O–H groups in total. The Morgan fingerprint density at radius 2 is 2.15 bits per heavy atom. The molecule has 108 valence electrons. The van der Waals surface area contributed by atoms with Crippen LogP contribution in [0.25, 0.3) is 0 Å². The molecule has 0 bridgehead atoms. The minimum absolute atomic E-state index is 0.0206. The van der Waals surface area contributed by atoms with Gasteiger partial charge in [0, 0.05) is 11.1 Å². The number of halogens is 1. The van der Waals surface area contributed by atoms with Gasteiger partial charge in [-0.2, -0.15) is 0 Å². The summed E-state index contributed by atoms with van der Waals surface area (Å²) < 4.78 is 36.8. The number of hydrogen-bond donors (Lipinski definition) is 1. The van der Waals surface area contributed by atoms with Gasteiger partial charge in [0.25, 0.3) is 0 Å². The summed E-state index contributed by atoms with van der Waals surface area (Å²) in [6, 6.07) is 6.03. The van der Waals surface area contributed by atoms with Crippen LogP contribution in [0.5, 0.6) is 5.75 Å². The van der Waals surface area contributed by atoms with Crippen molar-refractivity contribution in [3.8, 4) is 5.75 Å². The third-order valence-electron chi connectivity index (χ3n) is 2.54. The molecule has 0 spiro atoms. The molecular formula is C12H13ClN2O4S. The van der Waals surface area contributed by atoms with Gasteiger partial charge in [-0.1, -0.05) is 16.8 Å². The molecular weight excluding hydrogens is 304 g/mol. The van der Waals surface area contributed by atoms with Crippen LogP contribution in [0.15, 0.2) is 33.7 Å². The second-order valence-corrected chi connectivity index (χ2v) is 6.22. The highest BCUT2D eigenvalue weighted by molar-refractivity contribution is 7.89. The van der Waals surface area contributed by atoms with Gasteiger partial charge in [-0.05, 0) is 25.1 Å². The second-order valence-electron chi connectivity index (χ2n) is 4.05. The molecule has 2 rings (SSSR count). The van der Waals surface area contributed by atoms with Gasteiger partial charge in [0.05, 0.1) is 19.3 Å². The first-order valence-corrected chi connectivity index (χ1v) is 7.54. The van der Waals surface area contributed by atoms with E-state index in [-0.39, 0.29) is 17.2 Å². The normalized spacial score (nSPS) is 11.6. The standard InChI is InChI=1S/C12H13ClN2O4S/c1-8-5-10(15-19-8)7-14-20(16,17)12-6-9(13)3-4-11(12)18-2/h3-6,14H,7H2,1-2H3. The zero-order valence-corrected chi connectivity index (χ0v) is 12.5. The molecule has 0 aliphatic carbocycles. The van der Waals surface area contributed by atoms with Gasteiger partial charge in [0.2, 0.25) is 10.0 Å². The molecule has 1 aromatic heterocycles. The molecule has 8 heteroatoms. The van der Waals surface area contributed by atoms with Crippen LogP contribution in [0.1, 0.15) is 11.5 Å². The van der Waals surface area contributed by atoms with Gasteiger partial charge >= 0.3 is 0 Å². The van der Waals surface area contributed by atoms with Crippen LogP contribution in [-0.2, 0) is 16.6 Å². The maximum atomic E-state index is 12.2. The van der Waals surface area contributed by atoms with E-state index in [4.69, 9.17) is 20.9 Å². The number of rotatable bonds is 5. The predicted molar refractivity (Wildman–Crippen MR) is 73.3 cm³/mol. The number of methoxy groups -OCH3 is 1. The van der Waals surface area contributed by atoms with Crippen LogP contribution in [0, 0.1) is 6.92 Å². The van der Waals surface area contributed by atoms with Crippen molar-refractivity contribution < 1.29 is 17.7 Å². The number of aromatic nitrogens is 1. The van der Waals surface area contributed by atoms with E-state index in [1.54, 1.807) is 19.1 Å². The molecule has 0 atom stereocenters. The van der Waals surface area contributed by atoms with Crippen LogP contribution in [-0.4, -0.2) is 20.7 Å². The van der Waals surface area contributed by atoms with Crippen LogP contribution in [0.2, 0.25) is 5.02 Å². The van der Waals surface area contributed by atoms with Crippen molar-refractivity contribution in [2.45, 2.75) is 18.4 Å². The highest BCUT2D eigenvalue weighted by Gasteiger charge is 2.20. The first-order chi connectivity index (χ1) is 9.42. The van der Waals surface area contributed by atoms with Gasteiger partial charge in [-0.3, -0.25) is 0 Å². The number of nitrogens with one attached hydrogen (secondary N) is 1. The lowest BCUT2D eigenvalue weighted by Crippen LogP contribution is -2.24. The largest absolute Gasteiger partial charge is 0.495 e. The summed E-state index contributed by atoms with van der Waals surface area (Å²) in [7, 11) is -2.36. The van der Waals surface area contributed by atoms with Gasteiger partial charge in [0.15, 0.2) is 0 Å². The summed E-state index contributed by atoms with van der Waals surface area (Å²) in [6.07, 6.45) is 0. The van der Waals surface area contributed by atoms with Crippen LogP contribution in [0.3, 0.4) is 0 Å². The SMILES string of the molecule is COc1ccc(Cl)cc1S(=O)(=O)NCc1cc(C)on1. The summed E-state index contributed by atoms with van der Waals surface area (Å²) in [5, 5.41) is 4.02. The van der Waals surface area contributed by atoms with Crippen molar-refractivity contribution in [1.82, 2.24) is 9.88 Å². The molecule has 1 heterocycles. The highest BCUT2D eigenvalue weighted by Crippen LogP contribution is 2.26. The van der Waals surface area contributed by atoms with E-state index in [9.17, 15) is 8.42 Å². The van der Waals surface area contributed by atoms with Crippen molar-refractivity contribution in [1.29, 1.82) is 0 Å². The Morgan fingerprint density at radius 1 is 1.40 bits per heavy atom. The van der Waals surface area contributed by atoms with Gasteiger partial charge in [0.1, 0.15) is 16.4 Å². The first kappa shape index (κ1) is 14.8. The van der Waals surface area contributed by atoms with Crippen LogP contribution < -0.4 is 9.46 Å². The van der Waals surface area contributed by atoms with E-state index < -0.39 is 10.0 Å². The second kappa shape index (κ2) is 5.82. The molecule has 0 saturated heterocycles. The highest BCUT2D eigenvalue weighted by atomic mass is 35.5. The summed E-state index contributed by atoms with van der Waals surface area (Å²) in [4.78, 5) is -0.0206. The van der Waals surface area contributed by atoms with Gasteiger partial charge in [-0.25, -0.2) is 13.1 Å². The third-order valence-corrected chi connectivity index (χ3v) is 4.19. The Hall–Kier alpha value is -1.57. The summed E-state index contributed by atoms with van der Waals surface area (Å²) in [6.45, 7) is 1.75. The van der Waals surface area contributed by atoms with Gasteiger partial charge < -0.3 is 9.26 Å². The van der Waals surface area contributed by atoms with Crippen LogP contribution in [0.4, 0.5) is 0 Å². The molecule has 0 unspecified atom stereocenters. The minimum atomic E-state index is -3.76. The zero-order valence-electron chi connectivity index (χ0n) is 10.9. The fourth-order valence-electron chi connectivity index (χ4n) is 1.61. The monoisotopic (exact) mass is 316 g/mol. The quantitative estimate of drug-likeness (QED) is 0.913. The van der Waals surface area contributed by atoms with Crippen molar-refractivity contribution in [3.63, 3.8) is 0 Å². The average molecular weight is 317 g/mol. The fraction of sp³-hybridized carbons (Fsp3) is 0.250. The smallest absolute Gasteiger partial charge is 0.244 e. The Balaban J connectivity index is 2.24. The number of hydrogen-bond acceptors (Lipinski definition) is 5. The minimum Gasteiger partial charge on any atom is -0.495 e. The van der Waals surface area contributed by atoms with E-state index in [1.807, 2.05) is 0 Å². The first-order valence-electron chi connectivity index (χ1n) is 5.68. The number of sulfonamides is 1. The molecule has 0 amide bonds. The molecule has 0 aliphatic rings. The lowest BCUT2D eigenvalue weighted by Gasteiger charge is -2.10. The van der Waals surface area contributed by atoms with Crippen molar-refractivity contribution in [3.05, 3.63) is 40.7 Å². The lowest BCUT2D eigenvalue weighted by atomic mass is 10.3. The number of ether oxygens (including phenoxy) is 1. The Labute approximate surface area is 121 Å². The van der Waals surface area contributed by atoms with E-state index in [0.717, 1.165) is 0 Å². The zero-order chi connectivity index (χ0) is 14.8. The third kappa shape index (κ3) is 3.30. The molecule has 20 heavy (non-hydrogen) atoms. The van der Waals surface area contributed by atoms with E-state index in [2.05, 4.69) is 9.88 Å². The Kier molecular flexibility index (Phi) is 4.32. The maximum absolute atomic E-state index is 12.2. The van der Waals surface area contributed by atoms with E-state index in [1.165, 1.54) is 19.2 Å². The average Bonchev–Trinajstić information content (AvgIpc) is 2.82. The Morgan fingerprint density at radius 3 is 2.75 bits per heavy atom. The van der Waals surface area contributed by atoms with Crippen molar-refractivity contribution in [2.24, 2.45) is 0 Å². The van der Waals surface area contributed by atoms with E-state index in [0.29, 0.717) is 16.5 Å². The number of nitrogens with zero attached hydrogens (tertiary/aromatic N) is 1. The lowest BCUT2D eigenvalue weighted by molar-refractivity contribution is 0.389. The number of aryl methyl sites for hydroxylation is 1. The van der Waals surface area contributed by atoms with Crippen molar-refractivity contribution in [2.75, 3.05) is 7.11 Å². The Bertz CT molecular complexity index is 712. The van der Waals surface area contributed by atoms with Gasteiger partial charge in [-0.15, -0.1) is 0 Å². The molecule has 0 fully saturated rings. The summed E-state index contributed by atoms with van der Waals surface area (Å²) in [5.74, 6) is 0.831. The molecule has 0 saturated carbocycles. The summed E-state index contributed by atoms with van der Waals surface area (Å²) in [5.41, 5.74) is 0.493. The summed E-state index contributed by atoms with van der Waals surface area (Å²) >= 11 is 5.83. The molecule has 0 aliphatic heterocycles. The van der Waals surface area contributed by atoms with Crippen molar-refractivity contribution >= 4 is 21.6 Å². The molecule has 2 aromatic rings. The van der Waals surface area contributed by atoms with E-state index >= 15 is 0 Å².